The molecular weight excluding hydrogens is 198 g/mol. The lowest BCUT2D eigenvalue weighted by Gasteiger charge is -2.12. The van der Waals surface area contributed by atoms with Crippen LogP contribution in [0.15, 0.2) is 24.3 Å². The average Bonchev–Trinajstić information content (AvgIpc) is 2.27. The van der Waals surface area contributed by atoms with Crippen molar-refractivity contribution in [1.82, 2.24) is 0 Å². The lowest BCUT2D eigenvalue weighted by molar-refractivity contribution is 0.101. The summed E-state index contributed by atoms with van der Waals surface area (Å²) in [4.78, 5) is 21.9. The van der Waals surface area contributed by atoms with Crippen LogP contribution in [0.4, 0.5) is 10.5 Å². The molecule has 1 rings (SSSR count). The lowest BCUT2D eigenvalue weighted by Crippen LogP contribution is -2.26. The molecule has 0 aromatic heterocycles. The first-order chi connectivity index (χ1) is 7.06. The van der Waals surface area contributed by atoms with E-state index in [-0.39, 0.29) is 11.5 Å². The summed E-state index contributed by atoms with van der Waals surface area (Å²) in [6.07, 6.45) is -0.884. The van der Waals surface area contributed by atoms with Gasteiger partial charge in [-0.05, 0) is 31.2 Å². The SMILES string of the molecule is COC(=O)N(O)c1ccc(C(C)=O)cc1. The van der Waals surface area contributed by atoms with E-state index in [1.165, 1.54) is 31.2 Å². The number of carbonyl (C=O) groups is 2. The van der Waals surface area contributed by atoms with E-state index in [2.05, 4.69) is 4.74 Å². The fourth-order valence-corrected chi connectivity index (χ4v) is 1.03. The molecule has 0 heterocycles. The molecule has 5 nitrogen and oxygen atoms in total. The molecule has 1 aromatic rings. The van der Waals surface area contributed by atoms with Crippen molar-refractivity contribution in [2.75, 3.05) is 12.2 Å². The highest BCUT2D eigenvalue weighted by atomic mass is 16.6. The monoisotopic (exact) mass is 209 g/mol. The molecule has 0 atom stereocenters. The minimum Gasteiger partial charge on any atom is -0.451 e. The molecule has 1 aromatic carbocycles. The maximum absolute atomic E-state index is 10.9. The molecule has 0 radical (unpaired) electrons. The highest BCUT2D eigenvalue weighted by Gasteiger charge is 2.12. The van der Waals surface area contributed by atoms with E-state index in [1.54, 1.807) is 0 Å². The van der Waals surface area contributed by atoms with Gasteiger partial charge in [-0.15, -0.1) is 0 Å². The van der Waals surface area contributed by atoms with Gasteiger partial charge in [0.25, 0.3) is 0 Å². The fraction of sp³-hybridized carbons (Fsp3) is 0.200. The van der Waals surface area contributed by atoms with Crippen LogP contribution in [0.5, 0.6) is 0 Å². The summed E-state index contributed by atoms with van der Waals surface area (Å²) in [5.41, 5.74) is 0.754. The number of anilines is 1. The maximum Gasteiger partial charge on any atom is 0.438 e. The average molecular weight is 209 g/mol. The van der Waals surface area contributed by atoms with Gasteiger partial charge in [0.2, 0.25) is 0 Å². The second kappa shape index (κ2) is 4.56. The quantitative estimate of drug-likeness (QED) is 0.458. The Balaban J connectivity index is 2.89. The molecule has 0 unspecified atom stereocenters. The van der Waals surface area contributed by atoms with Gasteiger partial charge in [-0.2, -0.15) is 5.06 Å². The number of amides is 1. The molecule has 5 heteroatoms. The zero-order valence-corrected chi connectivity index (χ0v) is 8.43. The number of nitrogens with zero attached hydrogens (tertiary/aromatic N) is 1. The second-order valence-electron chi connectivity index (χ2n) is 2.88. The van der Waals surface area contributed by atoms with Gasteiger partial charge in [0, 0.05) is 5.56 Å². The number of rotatable bonds is 2. The first kappa shape index (κ1) is 11.2. The van der Waals surface area contributed by atoms with Crippen molar-refractivity contribution in [2.24, 2.45) is 0 Å². The molecule has 0 saturated heterocycles. The molecule has 15 heavy (non-hydrogen) atoms. The molecule has 1 N–H and O–H groups in total. The summed E-state index contributed by atoms with van der Waals surface area (Å²) in [6, 6.07) is 5.94. The van der Waals surface area contributed by atoms with Crippen LogP contribution < -0.4 is 5.06 Å². The molecule has 0 spiro atoms. The highest BCUT2D eigenvalue weighted by Crippen LogP contribution is 2.14. The Labute approximate surface area is 86.8 Å². The van der Waals surface area contributed by atoms with E-state index in [4.69, 9.17) is 0 Å². The molecule has 1 amide bonds. The predicted octanol–water partition coefficient (Wildman–Crippen LogP) is 1.85. The summed E-state index contributed by atoms with van der Waals surface area (Å²) in [7, 11) is 1.16. The van der Waals surface area contributed by atoms with Crippen LogP contribution in [0, 0.1) is 0 Å². The molecule has 0 aliphatic carbocycles. The van der Waals surface area contributed by atoms with Crippen LogP contribution >= 0.6 is 0 Å². The van der Waals surface area contributed by atoms with Crippen LogP contribution in [-0.4, -0.2) is 24.2 Å². The molecule has 0 aliphatic rings. The zero-order valence-electron chi connectivity index (χ0n) is 8.43. The van der Waals surface area contributed by atoms with Gasteiger partial charge in [0.05, 0.1) is 12.8 Å². The van der Waals surface area contributed by atoms with Gasteiger partial charge < -0.3 is 4.74 Å². The summed E-state index contributed by atoms with van der Waals surface area (Å²) < 4.78 is 4.31. The van der Waals surface area contributed by atoms with Gasteiger partial charge in [0.15, 0.2) is 5.78 Å². The Morgan fingerprint density at radius 1 is 1.27 bits per heavy atom. The van der Waals surface area contributed by atoms with Crippen LogP contribution in [-0.2, 0) is 4.74 Å². The Bertz CT molecular complexity index is 372. The van der Waals surface area contributed by atoms with Crippen LogP contribution in [0.1, 0.15) is 17.3 Å². The van der Waals surface area contributed by atoms with Crippen molar-refractivity contribution < 1.29 is 19.5 Å². The molecule has 0 bridgehead atoms. The number of benzene rings is 1. The van der Waals surface area contributed by atoms with Crippen molar-refractivity contribution in [3.63, 3.8) is 0 Å². The summed E-state index contributed by atoms with van der Waals surface area (Å²) in [5, 5.41) is 9.66. The number of carbonyl (C=O) groups excluding carboxylic acids is 2. The highest BCUT2D eigenvalue weighted by molar-refractivity contribution is 5.94. The molecular formula is C10H11NO4. The number of methoxy groups -OCH3 is 1. The van der Waals surface area contributed by atoms with Gasteiger partial charge in [0.1, 0.15) is 0 Å². The lowest BCUT2D eigenvalue weighted by atomic mass is 10.1. The zero-order chi connectivity index (χ0) is 11.4. The molecule has 0 fully saturated rings. The molecule has 80 valence electrons. The van der Waals surface area contributed by atoms with Crippen molar-refractivity contribution in [2.45, 2.75) is 6.92 Å². The second-order valence-corrected chi connectivity index (χ2v) is 2.88. The Morgan fingerprint density at radius 3 is 2.20 bits per heavy atom. The first-order valence-corrected chi connectivity index (χ1v) is 4.24. The van der Waals surface area contributed by atoms with E-state index >= 15 is 0 Å². The van der Waals surface area contributed by atoms with Crippen molar-refractivity contribution in [3.8, 4) is 0 Å². The van der Waals surface area contributed by atoms with Crippen molar-refractivity contribution in [1.29, 1.82) is 0 Å². The van der Waals surface area contributed by atoms with Crippen LogP contribution in [0.3, 0.4) is 0 Å². The standard InChI is InChI=1S/C10H11NO4/c1-7(12)8-3-5-9(6-4-8)11(14)10(13)15-2/h3-6,14H,1-2H3. The normalized spacial score (nSPS) is 9.53. The van der Waals surface area contributed by atoms with Gasteiger partial charge in [-0.3, -0.25) is 10.0 Å². The Morgan fingerprint density at radius 2 is 1.80 bits per heavy atom. The fourth-order valence-electron chi connectivity index (χ4n) is 1.03. The minimum absolute atomic E-state index is 0.0795. The maximum atomic E-state index is 10.9. The summed E-state index contributed by atoms with van der Waals surface area (Å²) >= 11 is 0. The van der Waals surface area contributed by atoms with E-state index in [0.29, 0.717) is 10.6 Å². The summed E-state index contributed by atoms with van der Waals surface area (Å²) in [5.74, 6) is -0.0795. The number of hydrogen-bond donors (Lipinski definition) is 1. The van der Waals surface area contributed by atoms with Crippen LogP contribution in [0.2, 0.25) is 0 Å². The number of hydrogen-bond acceptors (Lipinski definition) is 4. The van der Waals surface area contributed by atoms with E-state index in [0.717, 1.165) is 7.11 Å². The van der Waals surface area contributed by atoms with Crippen LogP contribution in [0.25, 0.3) is 0 Å². The van der Waals surface area contributed by atoms with E-state index in [1.807, 2.05) is 0 Å². The number of Topliss-reactive ketones (excluding diaryl/α,β-unsaturated/α-hetero) is 1. The first-order valence-electron chi connectivity index (χ1n) is 4.24. The van der Waals surface area contributed by atoms with Gasteiger partial charge in [-0.1, -0.05) is 0 Å². The number of hydroxylamine groups is 1. The van der Waals surface area contributed by atoms with E-state index in [9.17, 15) is 14.8 Å². The van der Waals surface area contributed by atoms with E-state index < -0.39 is 6.09 Å². The third-order valence-electron chi connectivity index (χ3n) is 1.87. The third kappa shape index (κ3) is 2.54. The minimum atomic E-state index is -0.884. The Hall–Kier alpha value is -1.88. The topological polar surface area (TPSA) is 66.8 Å². The smallest absolute Gasteiger partial charge is 0.438 e. The van der Waals surface area contributed by atoms with Gasteiger partial charge in [-0.25, -0.2) is 4.79 Å². The third-order valence-corrected chi connectivity index (χ3v) is 1.87. The van der Waals surface area contributed by atoms with Gasteiger partial charge >= 0.3 is 6.09 Å². The number of ketones is 1. The molecule has 0 aliphatic heterocycles. The number of ether oxygens (including phenoxy) is 1. The predicted molar refractivity (Wildman–Crippen MR) is 53.1 cm³/mol. The van der Waals surface area contributed by atoms with Crippen molar-refractivity contribution in [3.05, 3.63) is 29.8 Å². The summed E-state index contributed by atoms with van der Waals surface area (Å²) in [6.45, 7) is 1.44. The largest absolute Gasteiger partial charge is 0.451 e. The van der Waals surface area contributed by atoms with Crippen molar-refractivity contribution >= 4 is 17.6 Å². The molecule has 0 saturated carbocycles. The Kier molecular flexibility index (Phi) is 3.41.